The minimum atomic E-state index is -0.608. The minimum absolute atomic E-state index is 0. The summed E-state index contributed by atoms with van der Waals surface area (Å²) in [6, 6.07) is 3.22. The van der Waals surface area contributed by atoms with E-state index < -0.39 is 23.3 Å². The Morgan fingerprint density at radius 2 is 1.67 bits per heavy atom. The lowest BCUT2D eigenvalue weighted by atomic mass is 10.0. The molecule has 1 saturated heterocycles. The summed E-state index contributed by atoms with van der Waals surface area (Å²) < 4.78 is 33.7. The van der Waals surface area contributed by atoms with Crippen LogP contribution in [0.25, 0.3) is 0 Å². The number of ether oxygens (including phenoxy) is 1. The highest BCUT2D eigenvalue weighted by molar-refractivity contribution is 14.0. The molecule has 2 rings (SSSR count). The Kier molecular flexibility index (Phi) is 9.73. The zero-order chi connectivity index (χ0) is 21.8. The molecule has 0 radical (unpaired) electrons. The van der Waals surface area contributed by atoms with Gasteiger partial charge in [0.05, 0.1) is 12.6 Å². The molecule has 1 amide bonds. The van der Waals surface area contributed by atoms with Crippen molar-refractivity contribution in [1.82, 2.24) is 14.7 Å². The number of carbonyl (C=O) groups is 1. The first-order valence-electron chi connectivity index (χ1n) is 9.62. The molecule has 1 unspecified atom stereocenters. The molecule has 0 aromatic heterocycles. The number of benzene rings is 1. The van der Waals surface area contributed by atoms with Gasteiger partial charge in [-0.05, 0) is 47.0 Å². The molecule has 1 atom stereocenters. The largest absolute Gasteiger partial charge is 0.444 e. The van der Waals surface area contributed by atoms with Crippen LogP contribution in [-0.2, 0) is 4.74 Å². The first-order valence-corrected chi connectivity index (χ1v) is 9.62. The van der Waals surface area contributed by atoms with E-state index in [4.69, 9.17) is 10.5 Å². The van der Waals surface area contributed by atoms with Crippen LogP contribution in [-0.4, -0.2) is 79.2 Å². The van der Waals surface area contributed by atoms with Crippen LogP contribution < -0.4 is 5.73 Å². The van der Waals surface area contributed by atoms with Crippen LogP contribution in [0.3, 0.4) is 0 Å². The SMILES string of the molecule is CN(C)C(CN=C(N)N1CCN(C(=O)OC(C)(C)C)CC1)c1c(F)cccc1F.I. The standard InChI is InChI=1S/C20H31F2N5O2.HI/c1-20(2,3)29-19(28)27-11-9-26(10-12-27)18(23)24-13-16(25(4)5)17-14(21)7-6-8-15(17)22;/h6-8,16H,9-13H2,1-5H3,(H2,23,24);1H. The Morgan fingerprint density at radius 3 is 2.13 bits per heavy atom. The average molecular weight is 539 g/mol. The van der Waals surface area contributed by atoms with Crippen LogP contribution in [0.4, 0.5) is 13.6 Å². The Labute approximate surface area is 194 Å². The van der Waals surface area contributed by atoms with Crippen molar-refractivity contribution in [3.8, 4) is 0 Å². The first-order chi connectivity index (χ1) is 13.5. The average Bonchev–Trinajstić information content (AvgIpc) is 2.62. The molecule has 2 N–H and O–H groups in total. The third-order valence-corrected chi connectivity index (χ3v) is 4.64. The van der Waals surface area contributed by atoms with Crippen LogP contribution in [0.5, 0.6) is 0 Å². The van der Waals surface area contributed by atoms with E-state index in [0.29, 0.717) is 26.2 Å². The number of halogens is 3. The summed E-state index contributed by atoms with van der Waals surface area (Å²) in [4.78, 5) is 21.7. The molecule has 30 heavy (non-hydrogen) atoms. The summed E-state index contributed by atoms with van der Waals surface area (Å²) >= 11 is 0. The second kappa shape index (κ2) is 11.1. The third-order valence-electron chi connectivity index (χ3n) is 4.64. The fraction of sp³-hybridized carbons (Fsp3) is 0.600. The van der Waals surface area contributed by atoms with Crippen molar-refractivity contribution in [2.24, 2.45) is 10.7 Å². The summed E-state index contributed by atoms with van der Waals surface area (Å²) in [7, 11) is 3.48. The number of hydrogen-bond acceptors (Lipinski definition) is 4. The van der Waals surface area contributed by atoms with Gasteiger partial charge in [0.2, 0.25) is 0 Å². The summed E-state index contributed by atoms with van der Waals surface area (Å²) in [5, 5.41) is 0. The second-order valence-electron chi connectivity index (χ2n) is 8.27. The van der Waals surface area contributed by atoms with Gasteiger partial charge in [-0.15, -0.1) is 24.0 Å². The van der Waals surface area contributed by atoms with E-state index in [9.17, 15) is 13.6 Å². The van der Waals surface area contributed by atoms with Crippen molar-refractivity contribution < 1.29 is 18.3 Å². The fourth-order valence-electron chi connectivity index (χ4n) is 3.07. The maximum absolute atomic E-state index is 14.2. The van der Waals surface area contributed by atoms with Crippen molar-refractivity contribution in [3.05, 3.63) is 35.4 Å². The van der Waals surface area contributed by atoms with Gasteiger partial charge in [-0.2, -0.15) is 0 Å². The number of carbonyl (C=O) groups excluding carboxylic acids is 1. The lowest BCUT2D eigenvalue weighted by Crippen LogP contribution is -2.53. The van der Waals surface area contributed by atoms with E-state index in [0.717, 1.165) is 0 Å². The zero-order valence-electron chi connectivity index (χ0n) is 18.2. The number of likely N-dealkylation sites (N-methyl/N-ethyl adjacent to an activating group) is 1. The van der Waals surface area contributed by atoms with Gasteiger partial charge in [0.15, 0.2) is 5.96 Å². The minimum Gasteiger partial charge on any atom is -0.444 e. The number of nitrogens with two attached hydrogens (primary N) is 1. The van der Waals surface area contributed by atoms with Crippen LogP contribution in [0.15, 0.2) is 23.2 Å². The van der Waals surface area contributed by atoms with Crippen LogP contribution in [0, 0.1) is 11.6 Å². The summed E-state index contributed by atoms with van der Waals surface area (Å²) in [6.07, 6.45) is -0.352. The maximum Gasteiger partial charge on any atom is 0.410 e. The summed E-state index contributed by atoms with van der Waals surface area (Å²) in [5.74, 6) is -0.927. The van der Waals surface area contributed by atoms with Crippen LogP contribution in [0.2, 0.25) is 0 Å². The van der Waals surface area contributed by atoms with Crippen molar-refractivity contribution in [1.29, 1.82) is 0 Å². The van der Waals surface area contributed by atoms with E-state index in [2.05, 4.69) is 4.99 Å². The van der Waals surface area contributed by atoms with Crippen molar-refractivity contribution in [2.45, 2.75) is 32.4 Å². The van der Waals surface area contributed by atoms with Gasteiger partial charge in [0.25, 0.3) is 0 Å². The van der Waals surface area contributed by atoms with Gasteiger partial charge >= 0.3 is 6.09 Å². The molecule has 1 fully saturated rings. The quantitative estimate of drug-likeness (QED) is 0.362. The van der Waals surface area contributed by atoms with E-state index in [1.807, 2.05) is 25.7 Å². The predicted molar refractivity (Wildman–Crippen MR) is 124 cm³/mol. The molecule has 1 aliphatic heterocycles. The van der Waals surface area contributed by atoms with E-state index in [1.54, 1.807) is 23.9 Å². The normalized spacial score (nSPS) is 16.3. The number of nitrogens with zero attached hydrogens (tertiary/aromatic N) is 4. The number of amides is 1. The molecule has 1 aliphatic rings. The molecule has 170 valence electrons. The number of piperazine rings is 1. The van der Waals surface area contributed by atoms with Gasteiger partial charge in [-0.1, -0.05) is 6.07 Å². The highest BCUT2D eigenvalue weighted by atomic mass is 127. The lowest BCUT2D eigenvalue weighted by molar-refractivity contribution is 0.0186. The zero-order valence-corrected chi connectivity index (χ0v) is 20.5. The molecule has 7 nitrogen and oxygen atoms in total. The third kappa shape index (κ3) is 7.22. The molecule has 10 heteroatoms. The number of guanidine groups is 1. The second-order valence-corrected chi connectivity index (χ2v) is 8.27. The summed E-state index contributed by atoms with van der Waals surface area (Å²) in [5.41, 5.74) is 5.54. The molecular formula is C20H32F2IN5O2. The summed E-state index contributed by atoms with van der Waals surface area (Å²) in [6.45, 7) is 7.53. The number of aliphatic imine (C=N–C) groups is 1. The highest BCUT2D eigenvalue weighted by Crippen LogP contribution is 2.25. The van der Waals surface area contributed by atoms with E-state index >= 15 is 0 Å². The predicted octanol–water partition coefficient (Wildman–Crippen LogP) is 3.05. The van der Waals surface area contributed by atoms with Gasteiger partial charge in [0.1, 0.15) is 17.2 Å². The Balaban J connectivity index is 0.00000450. The number of hydrogen-bond donors (Lipinski definition) is 1. The lowest BCUT2D eigenvalue weighted by Gasteiger charge is -2.36. The molecule has 1 aromatic carbocycles. The fourth-order valence-corrected chi connectivity index (χ4v) is 3.07. The van der Waals surface area contributed by atoms with Crippen LogP contribution in [0.1, 0.15) is 32.4 Å². The molecule has 0 aliphatic carbocycles. The molecular weight excluding hydrogens is 507 g/mol. The first kappa shape index (κ1) is 26.3. The Bertz CT molecular complexity index is 727. The smallest absolute Gasteiger partial charge is 0.410 e. The van der Waals surface area contributed by atoms with Gasteiger partial charge in [0, 0.05) is 31.7 Å². The maximum atomic E-state index is 14.2. The van der Waals surface area contributed by atoms with Gasteiger partial charge in [-0.3, -0.25) is 4.99 Å². The van der Waals surface area contributed by atoms with Gasteiger partial charge in [-0.25, -0.2) is 13.6 Å². The van der Waals surface area contributed by atoms with E-state index in [-0.39, 0.29) is 48.1 Å². The van der Waals surface area contributed by atoms with Crippen molar-refractivity contribution in [3.63, 3.8) is 0 Å². The van der Waals surface area contributed by atoms with Crippen LogP contribution >= 0.6 is 24.0 Å². The van der Waals surface area contributed by atoms with Crippen molar-refractivity contribution in [2.75, 3.05) is 46.8 Å². The van der Waals surface area contributed by atoms with E-state index in [1.165, 1.54) is 18.2 Å². The Hall–Kier alpha value is -1.69. The molecule has 1 heterocycles. The highest BCUT2D eigenvalue weighted by Gasteiger charge is 2.27. The van der Waals surface area contributed by atoms with Crippen molar-refractivity contribution >= 4 is 36.0 Å². The number of rotatable bonds is 4. The molecule has 0 saturated carbocycles. The molecule has 0 spiro atoms. The Morgan fingerprint density at radius 1 is 1.17 bits per heavy atom. The monoisotopic (exact) mass is 539 g/mol. The molecule has 1 aromatic rings. The topological polar surface area (TPSA) is 74.4 Å². The molecule has 0 bridgehead atoms. The van der Waals surface area contributed by atoms with Gasteiger partial charge < -0.3 is 25.2 Å².